The minimum Gasteiger partial charge on any atom is -0.326 e. The van der Waals surface area contributed by atoms with Gasteiger partial charge in [-0.15, -0.1) is 0 Å². The van der Waals surface area contributed by atoms with Gasteiger partial charge in [-0.2, -0.15) is 0 Å². The molecule has 0 bridgehead atoms. The van der Waals surface area contributed by atoms with E-state index in [0.717, 1.165) is 21.3 Å². The van der Waals surface area contributed by atoms with Crippen molar-refractivity contribution in [2.45, 2.75) is 19.8 Å². The summed E-state index contributed by atoms with van der Waals surface area (Å²) in [7, 11) is 0. The van der Waals surface area contributed by atoms with Crippen LogP contribution in [0.1, 0.15) is 24.0 Å². The zero-order valence-corrected chi connectivity index (χ0v) is 12.6. The minimum atomic E-state index is -0.166. The Morgan fingerprint density at radius 1 is 1.16 bits per heavy atom. The molecule has 2 nitrogen and oxygen atoms in total. The highest BCUT2D eigenvalue weighted by Gasteiger charge is 2.15. The Labute approximate surface area is 122 Å². The number of amides is 1. The highest BCUT2D eigenvalue weighted by Crippen LogP contribution is 2.21. The molecule has 2 rings (SSSR count). The highest BCUT2D eigenvalue weighted by molar-refractivity contribution is 9.10. The average molecular weight is 318 g/mol. The van der Waals surface area contributed by atoms with Crippen LogP contribution in [0, 0.1) is 6.92 Å². The number of halogens is 1. The van der Waals surface area contributed by atoms with E-state index in [4.69, 9.17) is 0 Å². The summed E-state index contributed by atoms with van der Waals surface area (Å²) in [6, 6.07) is 15.7. The molecule has 0 aliphatic carbocycles. The molecule has 0 fully saturated rings. The molecule has 0 spiro atoms. The lowest BCUT2D eigenvalue weighted by molar-refractivity contribution is -0.117. The molecular formula is C16H16BrNO. The molecule has 2 aromatic carbocycles. The third kappa shape index (κ3) is 3.67. The lowest BCUT2D eigenvalue weighted by atomic mass is 10.0. The summed E-state index contributed by atoms with van der Waals surface area (Å²) < 4.78 is 0.968. The average Bonchev–Trinajstić information content (AvgIpc) is 2.37. The Balaban J connectivity index is 2.13. The summed E-state index contributed by atoms with van der Waals surface area (Å²) in [4.78, 5) is 12.2. The predicted octanol–water partition coefficient (Wildman–Crippen LogP) is 4.50. The van der Waals surface area contributed by atoms with Crippen molar-refractivity contribution in [3.05, 3.63) is 64.1 Å². The number of carbonyl (C=O) groups excluding carboxylic acids is 1. The van der Waals surface area contributed by atoms with E-state index < -0.39 is 0 Å². The van der Waals surface area contributed by atoms with E-state index in [9.17, 15) is 4.79 Å². The summed E-state index contributed by atoms with van der Waals surface area (Å²) in [5.41, 5.74) is 2.95. The van der Waals surface area contributed by atoms with Crippen molar-refractivity contribution in [2.75, 3.05) is 5.32 Å². The summed E-state index contributed by atoms with van der Waals surface area (Å²) in [5.74, 6) is -0.163. The van der Waals surface area contributed by atoms with Crippen LogP contribution in [0.5, 0.6) is 0 Å². The van der Waals surface area contributed by atoms with Crippen LogP contribution in [0.25, 0.3) is 0 Å². The molecule has 0 saturated heterocycles. The van der Waals surface area contributed by atoms with Gasteiger partial charge in [0.25, 0.3) is 0 Å². The van der Waals surface area contributed by atoms with Crippen LogP contribution in [-0.2, 0) is 4.79 Å². The van der Waals surface area contributed by atoms with Crippen LogP contribution in [0.4, 0.5) is 5.69 Å². The van der Waals surface area contributed by atoms with Gasteiger partial charge in [0.2, 0.25) is 5.91 Å². The summed E-state index contributed by atoms with van der Waals surface area (Å²) in [5, 5.41) is 2.95. The normalized spacial score (nSPS) is 11.9. The van der Waals surface area contributed by atoms with Crippen LogP contribution < -0.4 is 5.32 Å². The maximum Gasteiger partial charge on any atom is 0.231 e. The minimum absolute atomic E-state index is 0.00343. The molecule has 0 aromatic heterocycles. The summed E-state index contributed by atoms with van der Waals surface area (Å²) >= 11 is 3.43. The Hall–Kier alpha value is -1.61. The molecule has 0 saturated carbocycles. The maximum atomic E-state index is 12.2. The smallest absolute Gasteiger partial charge is 0.231 e. The third-order valence-electron chi connectivity index (χ3n) is 3.00. The van der Waals surface area contributed by atoms with Gasteiger partial charge in [-0.1, -0.05) is 46.3 Å². The second kappa shape index (κ2) is 6.02. The zero-order valence-electron chi connectivity index (χ0n) is 11.0. The Morgan fingerprint density at radius 3 is 2.47 bits per heavy atom. The number of nitrogens with one attached hydrogen (secondary N) is 1. The first-order chi connectivity index (χ1) is 9.06. The van der Waals surface area contributed by atoms with E-state index in [2.05, 4.69) is 21.2 Å². The van der Waals surface area contributed by atoms with Crippen molar-refractivity contribution in [3.63, 3.8) is 0 Å². The largest absolute Gasteiger partial charge is 0.326 e. The zero-order chi connectivity index (χ0) is 13.8. The van der Waals surface area contributed by atoms with Gasteiger partial charge in [-0.3, -0.25) is 4.79 Å². The van der Waals surface area contributed by atoms with Crippen LogP contribution >= 0.6 is 15.9 Å². The molecule has 0 heterocycles. The van der Waals surface area contributed by atoms with Gasteiger partial charge in [0.15, 0.2) is 0 Å². The number of aryl methyl sites for hydroxylation is 1. The van der Waals surface area contributed by atoms with Crippen molar-refractivity contribution in [3.8, 4) is 0 Å². The Morgan fingerprint density at radius 2 is 1.84 bits per heavy atom. The van der Waals surface area contributed by atoms with E-state index in [1.807, 2.05) is 62.4 Å². The third-order valence-corrected chi connectivity index (χ3v) is 3.46. The fourth-order valence-electron chi connectivity index (χ4n) is 1.95. The molecule has 1 atom stereocenters. The lowest BCUT2D eigenvalue weighted by Gasteiger charge is -2.13. The molecule has 2 aromatic rings. The topological polar surface area (TPSA) is 29.1 Å². The Bertz CT molecular complexity index is 560. The quantitative estimate of drug-likeness (QED) is 0.887. The van der Waals surface area contributed by atoms with Gasteiger partial charge in [-0.25, -0.2) is 0 Å². The number of rotatable bonds is 3. The van der Waals surface area contributed by atoms with Crippen LogP contribution in [-0.4, -0.2) is 5.91 Å². The second-order valence-electron chi connectivity index (χ2n) is 4.64. The van der Waals surface area contributed by atoms with E-state index >= 15 is 0 Å². The van der Waals surface area contributed by atoms with Gasteiger partial charge in [0.1, 0.15) is 0 Å². The van der Waals surface area contributed by atoms with Crippen LogP contribution in [0.3, 0.4) is 0 Å². The molecule has 19 heavy (non-hydrogen) atoms. The monoisotopic (exact) mass is 317 g/mol. The molecule has 0 aliphatic heterocycles. The van der Waals surface area contributed by atoms with Crippen LogP contribution in [0.15, 0.2) is 53.0 Å². The molecule has 0 aliphatic rings. The van der Waals surface area contributed by atoms with Crippen molar-refractivity contribution in [2.24, 2.45) is 0 Å². The summed E-state index contributed by atoms with van der Waals surface area (Å²) in [6.07, 6.45) is 0. The second-order valence-corrected chi connectivity index (χ2v) is 5.55. The summed E-state index contributed by atoms with van der Waals surface area (Å²) in [6.45, 7) is 3.91. The highest BCUT2D eigenvalue weighted by atomic mass is 79.9. The predicted molar refractivity (Wildman–Crippen MR) is 82.4 cm³/mol. The molecule has 0 radical (unpaired) electrons. The molecule has 1 amide bonds. The van der Waals surface area contributed by atoms with E-state index in [1.165, 1.54) is 0 Å². The maximum absolute atomic E-state index is 12.2. The van der Waals surface area contributed by atoms with E-state index in [1.54, 1.807) is 0 Å². The van der Waals surface area contributed by atoms with Gasteiger partial charge in [0, 0.05) is 10.2 Å². The van der Waals surface area contributed by atoms with Gasteiger partial charge >= 0.3 is 0 Å². The number of carbonyl (C=O) groups is 1. The van der Waals surface area contributed by atoms with Crippen LogP contribution in [0.2, 0.25) is 0 Å². The molecule has 1 N–H and O–H groups in total. The van der Waals surface area contributed by atoms with E-state index in [0.29, 0.717) is 0 Å². The lowest BCUT2D eigenvalue weighted by Crippen LogP contribution is -2.18. The first-order valence-electron chi connectivity index (χ1n) is 6.19. The molecule has 3 heteroatoms. The molecular weight excluding hydrogens is 302 g/mol. The van der Waals surface area contributed by atoms with Crippen molar-refractivity contribution in [1.82, 2.24) is 0 Å². The number of hydrogen-bond acceptors (Lipinski definition) is 1. The fraction of sp³-hybridized carbons (Fsp3) is 0.188. The Kier molecular flexibility index (Phi) is 4.38. The van der Waals surface area contributed by atoms with E-state index in [-0.39, 0.29) is 11.8 Å². The number of hydrogen-bond donors (Lipinski definition) is 1. The van der Waals surface area contributed by atoms with Gasteiger partial charge in [0.05, 0.1) is 5.92 Å². The molecule has 98 valence electrons. The fourth-order valence-corrected chi connectivity index (χ4v) is 2.56. The first kappa shape index (κ1) is 13.8. The number of anilines is 1. The SMILES string of the molecule is Cc1cc(Br)cc(NC(=O)C(C)c2ccccc2)c1. The van der Waals surface area contributed by atoms with Crippen molar-refractivity contribution >= 4 is 27.5 Å². The van der Waals surface area contributed by atoms with Gasteiger partial charge in [-0.05, 0) is 43.2 Å². The van der Waals surface area contributed by atoms with Crippen molar-refractivity contribution in [1.29, 1.82) is 0 Å². The van der Waals surface area contributed by atoms with Crippen molar-refractivity contribution < 1.29 is 4.79 Å². The standard InChI is InChI=1S/C16H16BrNO/c1-11-8-14(17)10-15(9-11)18-16(19)12(2)13-6-4-3-5-7-13/h3-10,12H,1-2H3,(H,18,19). The van der Waals surface area contributed by atoms with Gasteiger partial charge < -0.3 is 5.32 Å². The first-order valence-corrected chi connectivity index (χ1v) is 6.98. The molecule has 1 unspecified atom stereocenters. The number of benzene rings is 2.